The predicted molar refractivity (Wildman–Crippen MR) is 112 cm³/mol. The van der Waals surface area contributed by atoms with E-state index in [-0.39, 0.29) is 29.8 Å². The van der Waals surface area contributed by atoms with Crippen molar-refractivity contribution in [1.82, 2.24) is 14.9 Å². The number of carbonyl (C=O) groups is 2. The monoisotopic (exact) mass is 425 g/mol. The minimum absolute atomic E-state index is 0.0210. The third kappa shape index (κ3) is 4.29. The van der Waals surface area contributed by atoms with Crippen LogP contribution in [0, 0.1) is 0 Å². The highest BCUT2D eigenvalue weighted by Gasteiger charge is 2.26. The van der Waals surface area contributed by atoms with E-state index < -0.39 is 12.3 Å². The molecule has 0 saturated heterocycles. The van der Waals surface area contributed by atoms with Crippen LogP contribution in [0.1, 0.15) is 16.8 Å². The molecule has 0 aliphatic carbocycles. The van der Waals surface area contributed by atoms with Crippen LogP contribution in [0.4, 0.5) is 22.4 Å². The average molecular weight is 426 g/mol. The number of nitrogens with one attached hydrogen (secondary N) is 3. The Morgan fingerprint density at radius 3 is 2.53 bits per heavy atom. The van der Waals surface area contributed by atoms with Gasteiger partial charge in [0, 0.05) is 16.3 Å². The van der Waals surface area contributed by atoms with Crippen LogP contribution in [0.3, 0.4) is 0 Å². The molecule has 0 radical (unpaired) electrons. The number of aliphatic imine (C=N–C) groups is 1. The molecule has 2 amide bonds. The molecule has 0 bridgehead atoms. The molecule has 4 N–H and O–H groups in total. The zero-order chi connectivity index (χ0) is 21.1. The van der Waals surface area contributed by atoms with E-state index in [1.54, 1.807) is 48.5 Å². The van der Waals surface area contributed by atoms with Gasteiger partial charge in [0.1, 0.15) is 0 Å². The molecule has 0 unspecified atom stereocenters. The number of aromatic nitrogens is 3. The summed E-state index contributed by atoms with van der Waals surface area (Å²) in [4.78, 5) is 28.8. The molecule has 0 saturated carbocycles. The van der Waals surface area contributed by atoms with Gasteiger partial charge in [0.2, 0.25) is 0 Å². The number of anilines is 2. The van der Waals surface area contributed by atoms with Crippen LogP contribution in [0.25, 0.3) is 0 Å². The molecule has 11 heteroatoms. The summed E-state index contributed by atoms with van der Waals surface area (Å²) in [6, 6.07) is 14.7. The smallest absolute Gasteiger partial charge is 0.326 e. The van der Waals surface area contributed by atoms with Gasteiger partial charge in [-0.1, -0.05) is 41.9 Å². The third-order valence-corrected chi connectivity index (χ3v) is 4.47. The van der Waals surface area contributed by atoms with Crippen LogP contribution in [-0.4, -0.2) is 43.7 Å². The van der Waals surface area contributed by atoms with Gasteiger partial charge < -0.3 is 10.4 Å². The normalized spacial score (nSPS) is 14.9. The minimum Gasteiger partial charge on any atom is -0.367 e. The van der Waals surface area contributed by atoms with Crippen molar-refractivity contribution >= 4 is 46.7 Å². The molecule has 2 heterocycles. The van der Waals surface area contributed by atoms with E-state index in [0.29, 0.717) is 16.3 Å². The average Bonchev–Trinajstić information content (AvgIpc) is 3.12. The van der Waals surface area contributed by atoms with Crippen molar-refractivity contribution < 1.29 is 14.7 Å². The minimum atomic E-state index is -1.25. The fraction of sp³-hybridized carbons (Fsp3) is 0.105. The molecule has 0 spiro atoms. The van der Waals surface area contributed by atoms with Crippen LogP contribution < -0.4 is 16.1 Å². The number of urea groups is 1. The largest absolute Gasteiger partial charge is 0.367 e. The summed E-state index contributed by atoms with van der Waals surface area (Å²) in [5, 5.41) is 23.7. The Bertz CT molecular complexity index is 1110. The van der Waals surface area contributed by atoms with Crippen molar-refractivity contribution in [3.8, 4) is 0 Å². The first-order chi connectivity index (χ1) is 14.5. The molecule has 10 nitrogen and oxygen atoms in total. The highest BCUT2D eigenvalue weighted by atomic mass is 35.5. The van der Waals surface area contributed by atoms with Gasteiger partial charge in [-0.15, -0.1) is 10.2 Å². The Balaban J connectivity index is 1.46. The molecular weight excluding hydrogens is 410 g/mol. The van der Waals surface area contributed by atoms with E-state index in [9.17, 15) is 14.7 Å². The number of hydrogen-bond acceptors (Lipinski definition) is 7. The summed E-state index contributed by atoms with van der Waals surface area (Å²) in [5.41, 5.74) is 3.94. The summed E-state index contributed by atoms with van der Waals surface area (Å²) < 4.78 is 1.22. The standard InChI is InChI=1S/C19H16ClN7O3/c20-12-6-8-13(9-7-12)21-19(30)23-18-25-24-17-22-14(16(29)26-27(17)18)10-15(28)11-4-2-1-3-5-11/h1-9,16,26,29H,10H2,(H2,21,23,25,30)/t16-/m1/s1. The maximum absolute atomic E-state index is 12.4. The van der Waals surface area contributed by atoms with Gasteiger partial charge in [-0.05, 0) is 24.3 Å². The Morgan fingerprint density at radius 1 is 1.07 bits per heavy atom. The van der Waals surface area contributed by atoms with Crippen LogP contribution in [0.15, 0.2) is 59.6 Å². The number of aliphatic hydroxyl groups excluding tert-OH is 1. The summed E-state index contributed by atoms with van der Waals surface area (Å²) in [7, 11) is 0. The van der Waals surface area contributed by atoms with Gasteiger partial charge >= 0.3 is 6.03 Å². The molecule has 2 aromatic carbocycles. The van der Waals surface area contributed by atoms with E-state index in [0.717, 1.165) is 0 Å². The number of carbonyl (C=O) groups excluding carboxylic acids is 2. The fourth-order valence-electron chi connectivity index (χ4n) is 2.76. The molecule has 1 atom stereocenters. The molecule has 3 aromatic rings. The topological polar surface area (TPSA) is 134 Å². The molecule has 1 aliphatic rings. The molecule has 1 aromatic heterocycles. The van der Waals surface area contributed by atoms with Gasteiger partial charge in [0.25, 0.3) is 11.9 Å². The summed E-state index contributed by atoms with van der Waals surface area (Å²) in [5.74, 6) is -0.0745. The predicted octanol–water partition coefficient (Wildman–Crippen LogP) is 2.80. The second-order valence-electron chi connectivity index (χ2n) is 6.35. The van der Waals surface area contributed by atoms with Crippen LogP contribution >= 0.6 is 11.6 Å². The number of aliphatic hydroxyl groups is 1. The quantitative estimate of drug-likeness (QED) is 0.464. The van der Waals surface area contributed by atoms with Crippen molar-refractivity contribution in [3.05, 3.63) is 65.2 Å². The first-order valence-corrected chi connectivity index (χ1v) is 9.27. The number of rotatable bonds is 5. The molecule has 0 fully saturated rings. The Kier molecular flexibility index (Phi) is 5.42. The lowest BCUT2D eigenvalue weighted by Gasteiger charge is -2.22. The summed E-state index contributed by atoms with van der Waals surface area (Å²) >= 11 is 5.82. The number of fused-ring (bicyclic) bond motifs is 1. The maximum Gasteiger partial charge on any atom is 0.326 e. The first kappa shape index (κ1) is 19.6. The number of hydrogen-bond donors (Lipinski definition) is 4. The summed E-state index contributed by atoms with van der Waals surface area (Å²) in [6.45, 7) is 0. The number of benzene rings is 2. The Hall–Kier alpha value is -3.76. The highest BCUT2D eigenvalue weighted by molar-refractivity contribution is 6.30. The number of nitrogens with zero attached hydrogens (tertiary/aromatic N) is 4. The van der Waals surface area contributed by atoms with Crippen LogP contribution in [-0.2, 0) is 0 Å². The SMILES string of the molecule is O=C(Nc1ccc(Cl)cc1)Nc1nnc2n1N[C@H](O)C(CC(=O)c1ccccc1)=N2. The lowest BCUT2D eigenvalue weighted by Crippen LogP contribution is -2.39. The Morgan fingerprint density at radius 2 is 1.80 bits per heavy atom. The second kappa shape index (κ2) is 8.31. The van der Waals surface area contributed by atoms with Crippen LogP contribution in [0.2, 0.25) is 5.02 Å². The number of halogens is 1. The maximum atomic E-state index is 12.4. The van der Waals surface area contributed by atoms with Crippen molar-refractivity contribution in [3.63, 3.8) is 0 Å². The van der Waals surface area contributed by atoms with E-state index in [4.69, 9.17) is 11.6 Å². The number of amides is 2. The molecule has 4 rings (SSSR count). The van der Waals surface area contributed by atoms with Gasteiger partial charge in [-0.3, -0.25) is 15.5 Å². The molecule has 1 aliphatic heterocycles. The van der Waals surface area contributed by atoms with E-state index >= 15 is 0 Å². The van der Waals surface area contributed by atoms with Gasteiger partial charge in [0.15, 0.2) is 12.0 Å². The lowest BCUT2D eigenvalue weighted by atomic mass is 10.0. The van der Waals surface area contributed by atoms with Gasteiger partial charge in [-0.25, -0.2) is 9.79 Å². The van der Waals surface area contributed by atoms with Crippen molar-refractivity contribution in [2.24, 2.45) is 4.99 Å². The first-order valence-electron chi connectivity index (χ1n) is 8.89. The van der Waals surface area contributed by atoms with Crippen LogP contribution in [0.5, 0.6) is 0 Å². The van der Waals surface area contributed by atoms with E-state index in [2.05, 4.69) is 31.2 Å². The molecule has 30 heavy (non-hydrogen) atoms. The van der Waals surface area contributed by atoms with E-state index in [1.165, 1.54) is 4.68 Å². The molecule has 152 valence electrons. The lowest BCUT2D eigenvalue weighted by molar-refractivity contribution is 0.0996. The summed E-state index contributed by atoms with van der Waals surface area (Å²) in [6.07, 6.45) is -1.34. The third-order valence-electron chi connectivity index (χ3n) is 4.22. The number of Topliss-reactive ketones (excluding diaryl/α,β-unsaturated/α-hetero) is 1. The van der Waals surface area contributed by atoms with Gasteiger partial charge in [-0.2, -0.15) is 4.68 Å². The Labute approximate surface area is 175 Å². The fourth-order valence-corrected chi connectivity index (χ4v) is 2.88. The highest BCUT2D eigenvalue weighted by Crippen LogP contribution is 2.21. The van der Waals surface area contributed by atoms with Crippen molar-refractivity contribution in [2.75, 3.05) is 16.1 Å². The van der Waals surface area contributed by atoms with Gasteiger partial charge in [0.05, 0.1) is 12.1 Å². The molecular formula is C19H16ClN7O3. The van der Waals surface area contributed by atoms with Crippen molar-refractivity contribution in [2.45, 2.75) is 12.6 Å². The van der Waals surface area contributed by atoms with E-state index in [1.807, 2.05) is 6.07 Å². The zero-order valence-electron chi connectivity index (χ0n) is 15.4. The zero-order valence-corrected chi connectivity index (χ0v) is 16.2. The number of ketones is 1. The second-order valence-corrected chi connectivity index (χ2v) is 6.78. The van der Waals surface area contributed by atoms with Crippen molar-refractivity contribution in [1.29, 1.82) is 0 Å².